The monoisotopic (exact) mass is 431 g/mol. The molecule has 0 aliphatic heterocycles. The molecule has 3 aromatic rings. The summed E-state index contributed by atoms with van der Waals surface area (Å²) >= 11 is 0. The molecule has 0 aromatic heterocycles. The van der Waals surface area contributed by atoms with Crippen LogP contribution in [-0.4, -0.2) is 10.8 Å². The Kier molecular flexibility index (Phi) is 6.93. The molecule has 0 unspecified atom stereocenters. The van der Waals surface area contributed by atoms with Crippen LogP contribution in [-0.2, 0) is 11.4 Å². The van der Waals surface area contributed by atoms with E-state index < -0.39 is 10.8 Å². The number of carbonyl (C=O) groups is 1. The maximum atomic E-state index is 12.9. The second-order valence-electron chi connectivity index (χ2n) is 6.86. The lowest BCUT2D eigenvalue weighted by Crippen LogP contribution is -2.14. The first-order valence-electron chi connectivity index (χ1n) is 9.51. The van der Waals surface area contributed by atoms with Crippen molar-refractivity contribution in [2.75, 3.05) is 5.32 Å². The summed E-state index contributed by atoms with van der Waals surface area (Å²) < 4.78 is 18.6. The standard InChI is InChI=1S/C24H18FN3O4/c1-16-12-21(28(30)31)8-11-23(16)27-24(29)19(14-26)13-17-4-9-22(10-5-17)32-15-18-2-6-20(25)7-3-18/h2-13H,15H2,1H3,(H,27,29). The maximum Gasteiger partial charge on any atom is 0.269 e. The van der Waals surface area contributed by atoms with E-state index in [0.717, 1.165) is 5.56 Å². The second-order valence-corrected chi connectivity index (χ2v) is 6.86. The number of nitro groups is 1. The minimum atomic E-state index is -0.624. The SMILES string of the molecule is Cc1cc([N+](=O)[O-])ccc1NC(=O)C(C#N)=Cc1ccc(OCc2ccc(F)cc2)cc1. The van der Waals surface area contributed by atoms with Gasteiger partial charge in [-0.3, -0.25) is 14.9 Å². The van der Waals surface area contributed by atoms with Crippen molar-refractivity contribution in [2.24, 2.45) is 0 Å². The van der Waals surface area contributed by atoms with Crippen molar-refractivity contribution in [3.63, 3.8) is 0 Å². The highest BCUT2D eigenvalue weighted by molar-refractivity contribution is 6.10. The van der Waals surface area contributed by atoms with Crippen molar-refractivity contribution in [3.8, 4) is 11.8 Å². The van der Waals surface area contributed by atoms with Crippen LogP contribution in [0, 0.1) is 34.2 Å². The molecule has 3 rings (SSSR count). The molecule has 0 saturated heterocycles. The number of nitro benzene ring substituents is 1. The molecule has 160 valence electrons. The van der Waals surface area contributed by atoms with Gasteiger partial charge in [0.1, 0.15) is 29.8 Å². The molecular formula is C24H18FN3O4. The topological polar surface area (TPSA) is 105 Å². The summed E-state index contributed by atoms with van der Waals surface area (Å²) in [6.07, 6.45) is 1.43. The molecule has 0 bridgehead atoms. The van der Waals surface area contributed by atoms with E-state index >= 15 is 0 Å². The smallest absolute Gasteiger partial charge is 0.269 e. The molecule has 0 saturated carbocycles. The third-order valence-electron chi connectivity index (χ3n) is 4.54. The van der Waals surface area contributed by atoms with E-state index in [1.165, 1.54) is 36.4 Å². The molecule has 0 spiro atoms. The lowest BCUT2D eigenvalue weighted by molar-refractivity contribution is -0.384. The fourth-order valence-electron chi connectivity index (χ4n) is 2.81. The Bertz CT molecular complexity index is 1210. The van der Waals surface area contributed by atoms with Crippen LogP contribution in [0.25, 0.3) is 6.08 Å². The van der Waals surface area contributed by atoms with Crippen molar-refractivity contribution in [3.05, 3.63) is 105 Å². The van der Waals surface area contributed by atoms with E-state index in [-0.39, 0.29) is 23.7 Å². The van der Waals surface area contributed by atoms with E-state index in [0.29, 0.717) is 22.6 Å². The summed E-state index contributed by atoms with van der Waals surface area (Å²) in [5, 5.41) is 22.8. The highest BCUT2D eigenvalue weighted by Gasteiger charge is 2.13. The zero-order chi connectivity index (χ0) is 23.1. The maximum absolute atomic E-state index is 12.9. The number of nitriles is 1. The fraction of sp³-hybridized carbons (Fsp3) is 0.0833. The summed E-state index contributed by atoms with van der Waals surface area (Å²) in [5.41, 5.74) is 2.12. The summed E-state index contributed by atoms with van der Waals surface area (Å²) in [6, 6.07) is 18.7. The lowest BCUT2D eigenvalue weighted by atomic mass is 10.1. The Morgan fingerprint density at radius 3 is 2.44 bits per heavy atom. The third kappa shape index (κ3) is 5.77. The van der Waals surface area contributed by atoms with E-state index in [1.807, 2.05) is 6.07 Å². The number of nitrogens with zero attached hydrogens (tertiary/aromatic N) is 2. The lowest BCUT2D eigenvalue weighted by Gasteiger charge is -2.08. The third-order valence-corrected chi connectivity index (χ3v) is 4.54. The first-order valence-corrected chi connectivity index (χ1v) is 9.51. The second kappa shape index (κ2) is 10.00. The normalized spacial score (nSPS) is 10.8. The zero-order valence-electron chi connectivity index (χ0n) is 17.0. The van der Waals surface area contributed by atoms with Crippen LogP contribution < -0.4 is 10.1 Å². The molecule has 1 N–H and O–H groups in total. The molecule has 0 atom stereocenters. The van der Waals surface area contributed by atoms with Crippen LogP contribution in [0.3, 0.4) is 0 Å². The number of anilines is 1. The number of hydrogen-bond donors (Lipinski definition) is 1. The zero-order valence-corrected chi connectivity index (χ0v) is 17.0. The van der Waals surface area contributed by atoms with Gasteiger partial charge in [0, 0.05) is 17.8 Å². The molecule has 0 aliphatic carbocycles. The number of nitrogens with one attached hydrogen (secondary N) is 1. The van der Waals surface area contributed by atoms with Gasteiger partial charge in [-0.05, 0) is 60.0 Å². The molecule has 0 fully saturated rings. The Balaban J connectivity index is 1.66. The van der Waals surface area contributed by atoms with E-state index in [9.17, 15) is 24.6 Å². The van der Waals surface area contributed by atoms with E-state index in [1.54, 1.807) is 43.3 Å². The van der Waals surface area contributed by atoms with Crippen molar-refractivity contribution in [2.45, 2.75) is 13.5 Å². The van der Waals surface area contributed by atoms with Crippen LogP contribution in [0.4, 0.5) is 15.8 Å². The molecule has 1 amide bonds. The Morgan fingerprint density at radius 2 is 1.84 bits per heavy atom. The average molecular weight is 431 g/mol. The number of hydrogen-bond acceptors (Lipinski definition) is 5. The van der Waals surface area contributed by atoms with Gasteiger partial charge >= 0.3 is 0 Å². The number of halogens is 1. The van der Waals surface area contributed by atoms with Crippen molar-refractivity contribution in [1.29, 1.82) is 5.26 Å². The highest BCUT2D eigenvalue weighted by atomic mass is 19.1. The number of benzene rings is 3. The van der Waals surface area contributed by atoms with Gasteiger partial charge in [0.05, 0.1) is 4.92 Å². The van der Waals surface area contributed by atoms with Gasteiger partial charge in [-0.15, -0.1) is 0 Å². The number of rotatable bonds is 7. The predicted molar refractivity (Wildman–Crippen MR) is 117 cm³/mol. The minimum Gasteiger partial charge on any atom is -0.489 e. The molecule has 0 radical (unpaired) electrons. The number of amides is 1. The van der Waals surface area contributed by atoms with Gasteiger partial charge in [-0.2, -0.15) is 5.26 Å². The molecule has 7 nitrogen and oxygen atoms in total. The van der Waals surface area contributed by atoms with Crippen molar-refractivity contribution < 1.29 is 18.8 Å². The largest absolute Gasteiger partial charge is 0.489 e. The minimum absolute atomic E-state index is 0.0849. The summed E-state index contributed by atoms with van der Waals surface area (Å²) in [7, 11) is 0. The first-order chi connectivity index (χ1) is 15.4. The van der Waals surface area contributed by atoms with Gasteiger partial charge in [0.15, 0.2) is 0 Å². The molecule has 32 heavy (non-hydrogen) atoms. The molecular weight excluding hydrogens is 413 g/mol. The van der Waals surface area contributed by atoms with Crippen LogP contribution in [0.2, 0.25) is 0 Å². The quantitative estimate of drug-likeness (QED) is 0.241. The summed E-state index contributed by atoms with van der Waals surface area (Å²) in [4.78, 5) is 22.8. The summed E-state index contributed by atoms with van der Waals surface area (Å²) in [5.74, 6) is -0.358. The van der Waals surface area contributed by atoms with Gasteiger partial charge in [0.25, 0.3) is 11.6 Å². The van der Waals surface area contributed by atoms with Gasteiger partial charge in [-0.25, -0.2) is 4.39 Å². The van der Waals surface area contributed by atoms with E-state index in [2.05, 4.69) is 5.32 Å². The number of aryl methyl sites for hydroxylation is 1. The van der Waals surface area contributed by atoms with Crippen LogP contribution in [0.15, 0.2) is 72.3 Å². The molecule has 0 heterocycles. The Labute approximate surface area is 183 Å². The fourth-order valence-corrected chi connectivity index (χ4v) is 2.81. The summed E-state index contributed by atoms with van der Waals surface area (Å²) in [6.45, 7) is 1.90. The highest BCUT2D eigenvalue weighted by Crippen LogP contribution is 2.22. The van der Waals surface area contributed by atoms with Crippen LogP contribution in [0.1, 0.15) is 16.7 Å². The van der Waals surface area contributed by atoms with Crippen molar-refractivity contribution in [1.82, 2.24) is 0 Å². The molecule has 8 heteroatoms. The number of carbonyl (C=O) groups excluding carboxylic acids is 1. The van der Waals surface area contributed by atoms with Crippen LogP contribution >= 0.6 is 0 Å². The number of non-ortho nitro benzene ring substituents is 1. The van der Waals surface area contributed by atoms with Gasteiger partial charge < -0.3 is 10.1 Å². The molecule has 3 aromatic carbocycles. The predicted octanol–water partition coefficient (Wildman–Crippen LogP) is 5.17. The van der Waals surface area contributed by atoms with Crippen molar-refractivity contribution >= 4 is 23.4 Å². The van der Waals surface area contributed by atoms with Crippen LogP contribution in [0.5, 0.6) is 5.75 Å². The van der Waals surface area contributed by atoms with Gasteiger partial charge in [0.2, 0.25) is 0 Å². The average Bonchev–Trinajstić information content (AvgIpc) is 2.79. The Morgan fingerprint density at radius 1 is 1.16 bits per heavy atom. The van der Waals surface area contributed by atoms with Gasteiger partial charge in [-0.1, -0.05) is 24.3 Å². The number of ether oxygens (including phenoxy) is 1. The first kappa shape index (κ1) is 22.2. The van der Waals surface area contributed by atoms with E-state index in [4.69, 9.17) is 4.74 Å². The molecule has 0 aliphatic rings. The Hall–Kier alpha value is -4.51.